The molecule has 1 aromatic carbocycles. The third-order valence-electron chi connectivity index (χ3n) is 3.47. The van der Waals surface area contributed by atoms with E-state index in [9.17, 15) is 17.9 Å². The molecule has 1 fully saturated rings. The van der Waals surface area contributed by atoms with Crippen LogP contribution < -0.4 is 10.0 Å². The van der Waals surface area contributed by atoms with Gasteiger partial charge in [0.05, 0.1) is 10.5 Å². The first-order valence-corrected chi connectivity index (χ1v) is 8.00. The van der Waals surface area contributed by atoms with Crippen molar-refractivity contribution in [3.63, 3.8) is 0 Å². The van der Waals surface area contributed by atoms with Gasteiger partial charge >= 0.3 is 0 Å². The van der Waals surface area contributed by atoms with E-state index in [1.807, 2.05) is 0 Å². The summed E-state index contributed by atoms with van der Waals surface area (Å²) in [7, 11) is -3.75. The molecule has 3 N–H and O–H groups in total. The van der Waals surface area contributed by atoms with Crippen molar-refractivity contribution in [1.29, 1.82) is 0 Å². The van der Waals surface area contributed by atoms with Crippen LogP contribution in [0.25, 0.3) is 0 Å². The zero-order valence-electron chi connectivity index (χ0n) is 11.3. The maximum absolute atomic E-state index is 13.0. The van der Waals surface area contributed by atoms with E-state index in [-0.39, 0.29) is 11.4 Å². The van der Waals surface area contributed by atoms with Crippen molar-refractivity contribution in [2.75, 3.05) is 19.6 Å². The van der Waals surface area contributed by atoms with E-state index < -0.39 is 21.4 Å². The predicted octanol–water partition coefficient (Wildman–Crippen LogP) is 0.527. The van der Waals surface area contributed by atoms with Crippen LogP contribution in [0.15, 0.2) is 23.1 Å². The molecule has 112 valence electrons. The molecule has 0 bridgehead atoms. The molecule has 0 unspecified atom stereocenters. The summed E-state index contributed by atoms with van der Waals surface area (Å²) in [5.41, 5.74) is -0.731. The van der Waals surface area contributed by atoms with Crippen LogP contribution in [0.4, 0.5) is 4.39 Å². The topological polar surface area (TPSA) is 78.4 Å². The molecule has 0 saturated carbocycles. The number of nitrogens with one attached hydrogen (secondary N) is 2. The number of aryl methyl sites for hydroxylation is 1. The molecule has 1 heterocycles. The number of halogens is 1. The first-order chi connectivity index (χ1) is 9.32. The normalized spacial score (nSPS) is 23.8. The molecule has 0 aliphatic carbocycles. The molecule has 20 heavy (non-hydrogen) atoms. The number of aliphatic hydroxyl groups is 1. The summed E-state index contributed by atoms with van der Waals surface area (Å²) in [4.78, 5) is 0.0336. The summed E-state index contributed by atoms with van der Waals surface area (Å²) in [5.74, 6) is -0.475. The van der Waals surface area contributed by atoms with Gasteiger partial charge < -0.3 is 10.4 Å². The number of hydrogen-bond donors (Lipinski definition) is 3. The number of sulfonamides is 1. The number of β-amino-alcohol motifs (C(OH)–C–C–N with tert-alkyl or cyclic N) is 1. The van der Waals surface area contributed by atoms with Crippen molar-refractivity contribution in [2.24, 2.45) is 0 Å². The third-order valence-corrected chi connectivity index (χ3v) is 5.03. The monoisotopic (exact) mass is 302 g/mol. The summed E-state index contributed by atoms with van der Waals surface area (Å²) in [5, 5.41) is 13.3. The second kappa shape index (κ2) is 5.77. The highest BCUT2D eigenvalue weighted by Gasteiger charge is 2.31. The Hall–Kier alpha value is -1.02. The first-order valence-electron chi connectivity index (χ1n) is 6.51. The average Bonchev–Trinajstić information content (AvgIpc) is 2.37. The number of hydrogen-bond acceptors (Lipinski definition) is 4. The standard InChI is InChI=1S/C13H19FN2O3S/c1-10-7-11(14)3-4-12(10)20(18,19)16-9-13(17)5-2-6-15-8-13/h3-4,7,15-17H,2,5-6,8-9H2,1H3/t13-/m0/s1. The molecular formula is C13H19FN2O3S. The van der Waals surface area contributed by atoms with E-state index in [0.717, 1.165) is 19.0 Å². The van der Waals surface area contributed by atoms with E-state index in [0.29, 0.717) is 18.5 Å². The third kappa shape index (κ3) is 3.54. The molecule has 0 amide bonds. The molecule has 1 atom stereocenters. The molecule has 0 radical (unpaired) electrons. The zero-order chi connectivity index (χ0) is 14.8. The molecular weight excluding hydrogens is 283 g/mol. The van der Waals surface area contributed by atoms with E-state index in [1.54, 1.807) is 0 Å². The predicted molar refractivity (Wildman–Crippen MR) is 73.4 cm³/mol. The largest absolute Gasteiger partial charge is 0.387 e. The fraction of sp³-hybridized carbons (Fsp3) is 0.538. The molecule has 0 aromatic heterocycles. The van der Waals surface area contributed by atoms with Gasteiger partial charge in [0.1, 0.15) is 5.82 Å². The van der Waals surface area contributed by atoms with Crippen molar-refractivity contribution in [3.05, 3.63) is 29.6 Å². The van der Waals surface area contributed by atoms with Crippen molar-refractivity contribution in [1.82, 2.24) is 10.0 Å². The van der Waals surface area contributed by atoms with Gasteiger partial charge in [-0.05, 0) is 50.1 Å². The van der Waals surface area contributed by atoms with Crippen LogP contribution in [0, 0.1) is 12.7 Å². The van der Waals surface area contributed by atoms with Gasteiger partial charge in [0.15, 0.2) is 0 Å². The number of benzene rings is 1. The van der Waals surface area contributed by atoms with Crippen LogP contribution in [0.5, 0.6) is 0 Å². The van der Waals surface area contributed by atoms with Gasteiger partial charge in [-0.1, -0.05) is 0 Å². The fourth-order valence-electron chi connectivity index (χ4n) is 2.32. The van der Waals surface area contributed by atoms with Crippen LogP contribution in [-0.4, -0.2) is 38.8 Å². The SMILES string of the molecule is Cc1cc(F)ccc1S(=O)(=O)NC[C@]1(O)CCCNC1. The van der Waals surface area contributed by atoms with Crippen molar-refractivity contribution in [3.8, 4) is 0 Å². The Balaban J connectivity index is 2.11. The van der Waals surface area contributed by atoms with Gasteiger partial charge in [0.25, 0.3) is 0 Å². The molecule has 2 rings (SSSR count). The zero-order valence-corrected chi connectivity index (χ0v) is 12.1. The van der Waals surface area contributed by atoms with Crippen LogP contribution in [0.3, 0.4) is 0 Å². The molecule has 7 heteroatoms. The summed E-state index contributed by atoms with van der Waals surface area (Å²) in [6, 6.07) is 3.51. The Morgan fingerprint density at radius 1 is 1.50 bits per heavy atom. The smallest absolute Gasteiger partial charge is 0.240 e. The second-order valence-electron chi connectivity index (χ2n) is 5.24. The summed E-state index contributed by atoms with van der Waals surface area (Å²) in [6.07, 6.45) is 1.35. The molecule has 1 saturated heterocycles. The van der Waals surface area contributed by atoms with Gasteiger partial charge in [-0.15, -0.1) is 0 Å². The lowest BCUT2D eigenvalue weighted by Crippen LogP contribution is -2.52. The van der Waals surface area contributed by atoms with Crippen molar-refractivity contribution < 1.29 is 17.9 Å². The van der Waals surface area contributed by atoms with Gasteiger partial charge in [0.2, 0.25) is 10.0 Å². The van der Waals surface area contributed by atoms with Gasteiger partial charge in [-0.25, -0.2) is 17.5 Å². The average molecular weight is 302 g/mol. The Bertz CT molecular complexity index is 583. The highest BCUT2D eigenvalue weighted by atomic mass is 32.2. The minimum Gasteiger partial charge on any atom is -0.387 e. The summed E-state index contributed by atoms with van der Waals surface area (Å²) in [6.45, 7) is 2.66. The molecule has 5 nitrogen and oxygen atoms in total. The van der Waals surface area contributed by atoms with Gasteiger partial charge in [-0.2, -0.15) is 0 Å². The number of piperidine rings is 1. The second-order valence-corrected chi connectivity index (χ2v) is 6.97. The van der Waals surface area contributed by atoms with Gasteiger partial charge in [-0.3, -0.25) is 0 Å². The lowest BCUT2D eigenvalue weighted by molar-refractivity contribution is 0.0218. The molecule has 1 aromatic rings. The van der Waals surface area contributed by atoms with Gasteiger partial charge in [0, 0.05) is 13.1 Å². The Morgan fingerprint density at radius 2 is 2.25 bits per heavy atom. The lowest BCUT2D eigenvalue weighted by atomic mass is 9.95. The highest BCUT2D eigenvalue weighted by Crippen LogP contribution is 2.19. The Labute approximate surface area is 118 Å². The van der Waals surface area contributed by atoms with Crippen molar-refractivity contribution >= 4 is 10.0 Å². The first kappa shape index (κ1) is 15.4. The van der Waals surface area contributed by atoms with Crippen LogP contribution >= 0.6 is 0 Å². The highest BCUT2D eigenvalue weighted by molar-refractivity contribution is 7.89. The van der Waals surface area contributed by atoms with E-state index in [4.69, 9.17) is 0 Å². The van der Waals surface area contributed by atoms with Crippen LogP contribution in [0.2, 0.25) is 0 Å². The molecule has 0 spiro atoms. The maximum Gasteiger partial charge on any atom is 0.240 e. The molecule has 1 aliphatic rings. The fourth-order valence-corrected chi connectivity index (χ4v) is 3.67. The summed E-state index contributed by atoms with van der Waals surface area (Å²) < 4.78 is 39.8. The molecule has 1 aliphatic heterocycles. The Morgan fingerprint density at radius 3 is 2.85 bits per heavy atom. The maximum atomic E-state index is 13.0. The van der Waals surface area contributed by atoms with E-state index >= 15 is 0 Å². The number of rotatable bonds is 4. The Kier molecular flexibility index (Phi) is 4.43. The minimum atomic E-state index is -3.75. The lowest BCUT2D eigenvalue weighted by Gasteiger charge is -2.32. The van der Waals surface area contributed by atoms with E-state index in [1.165, 1.54) is 19.1 Å². The van der Waals surface area contributed by atoms with E-state index in [2.05, 4.69) is 10.0 Å². The minimum absolute atomic E-state index is 0.0336. The van der Waals surface area contributed by atoms with Crippen LogP contribution in [0.1, 0.15) is 18.4 Å². The quantitative estimate of drug-likeness (QED) is 0.758. The summed E-state index contributed by atoms with van der Waals surface area (Å²) >= 11 is 0. The van der Waals surface area contributed by atoms with Crippen LogP contribution in [-0.2, 0) is 10.0 Å². The van der Waals surface area contributed by atoms with Crippen molar-refractivity contribution in [2.45, 2.75) is 30.3 Å².